The van der Waals surface area contributed by atoms with E-state index >= 15 is 0 Å². The van der Waals surface area contributed by atoms with Crippen LogP contribution in [0.5, 0.6) is 0 Å². The Morgan fingerprint density at radius 3 is 2.80 bits per heavy atom. The number of carbonyl (C=O) groups is 1. The molecule has 1 aliphatic rings. The van der Waals surface area contributed by atoms with Crippen LogP contribution in [0.25, 0.3) is 0 Å². The number of fused-ring (bicyclic) bond motifs is 1. The summed E-state index contributed by atoms with van der Waals surface area (Å²) >= 11 is 0. The SMILES string of the molecule is N[C@@]1(CC(=O)O)Cc2ccccc2CN1. The van der Waals surface area contributed by atoms with Gasteiger partial charge in [0.2, 0.25) is 0 Å². The molecule has 0 spiro atoms. The summed E-state index contributed by atoms with van der Waals surface area (Å²) in [5, 5.41) is 11.8. The molecule has 0 aliphatic carbocycles. The van der Waals surface area contributed by atoms with Gasteiger partial charge in [0, 0.05) is 13.0 Å². The summed E-state index contributed by atoms with van der Waals surface area (Å²) in [7, 11) is 0. The topological polar surface area (TPSA) is 75.4 Å². The second kappa shape index (κ2) is 3.64. The van der Waals surface area contributed by atoms with E-state index in [4.69, 9.17) is 10.8 Å². The minimum atomic E-state index is -0.871. The van der Waals surface area contributed by atoms with E-state index in [0.29, 0.717) is 13.0 Å². The maximum Gasteiger partial charge on any atom is 0.306 e. The zero-order chi connectivity index (χ0) is 10.9. The minimum Gasteiger partial charge on any atom is -0.481 e. The number of hydrogen-bond donors (Lipinski definition) is 3. The molecule has 0 unspecified atom stereocenters. The van der Waals surface area contributed by atoms with Gasteiger partial charge in [-0.2, -0.15) is 0 Å². The van der Waals surface area contributed by atoms with Crippen LogP contribution in [-0.2, 0) is 17.8 Å². The second-order valence-corrected chi connectivity index (χ2v) is 4.03. The largest absolute Gasteiger partial charge is 0.481 e. The molecule has 1 aliphatic heterocycles. The van der Waals surface area contributed by atoms with E-state index in [2.05, 4.69) is 5.32 Å². The van der Waals surface area contributed by atoms with Crippen molar-refractivity contribution in [3.63, 3.8) is 0 Å². The first-order valence-corrected chi connectivity index (χ1v) is 4.92. The lowest BCUT2D eigenvalue weighted by atomic mass is 9.90. The third-order valence-corrected chi connectivity index (χ3v) is 2.72. The summed E-state index contributed by atoms with van der Waals surface area (Å²) in [4.78, 5) is 10.7. The summed E-state index contributed by atoms with van der Waals surface area (Å²) < 4.78 is 0. The maximum atomic E-state index is 10.7. The van der Waals surface area contributed by atoms with Crippen molar-refractivity contribution in [1.82, 2.24) is 5.32 Å². The van der Waals surface area contributed by atoms with Crippen molar-refractivity contribution in [2.24, 2.45) is 5.73 Å². The van der Waals surface area contributed by atoms with Crippen molar-refractivity contribution in [3.8, 4) is 0 Å². The average molecular weight is 206 g/mol. The fourth-order valence-electron chi connectivity index (χ4n) is 1.97. The average Bonchev–Trinajstić information content (AvgIpc) is 2.15. The molecule has 15 heavy (non-hydrogen) atoms. The molecule has 0 radical (unpaired) electrons. The third kappa shape index (κ3) is 2.16. The summed E-state index contributed by atoms with van der Waals surface area (Å²) in [6.45, 7) is 0.639. The molecule has 1 atom stereocenters. The molecule has 0 bridgehead atoms. The van der Waals surface area contributed by atoms with Crippen molar-refractivity contribution in [2.45, 2.75) is 25.0 Å². The smallest absolute Gasteiger partial charge is 0.306 e. The quantitative estimate of drug-likeness (QED) is 0.657. The van der Waals surface area contributed by atoms with E-state index in [1.165, 1.54) is 5.56 Å². The Balaban J connectivity index is 2.21. The van der Waals surface area contributed by atoms with E-state index in [9.17, 15) is 4.79 Å². The van der Waals surface area contributed by atoms with Gasteiger partial charge in [0.25, 0.3) is 0 Å². The molecule has 0 saturated carbocycles. The van der Waals surface area contributed by atoms with Gasteiger partial charge in [-0.3, -0.25) is 10.1 Å². The molecule has 1 heterocycles. The standard InChI is InChI=1S/C11H14N2O2/c12-11(6-10(14)15)5-8-3-1-2-4-9(8)7-13-11/h1-4,13H,5-7,12H2,(H,14,15)/t11-/m0/s1. The van der Waals surface area contributed by atoms with Crippen molar-refractivity contribution in [2.75, 3.05) is 0 Å². The molecule has 0 saturated heterocycles. The first-order valence-electron chi connectivity index (χ1n) is 4.92. The number of benzene rings is 1. The van der Waals surface area contributed by atoms with Gasteiger partial charge < -0.3 is 10.8 Å². The molecule has 2 rings (SSSR count). The molecule has 0 aromatic heterocycles. The normalized spacial score (nSPS) is 24.6. The molecular weight excluding hydrogens is 192 g/mol. The van der Waals surface area contributed by atoms with Crippen molar-refractivity contribution in [1.29, 1.82) is 0 Å². The van der Waals surface area contributed by atoms with Crippen LogP contribution in [0.3, 0.4) is 0 Å². The van der Waals surface area contributed by atoms with Crippen LogP contribution in [0, 0.1) is 0 Å². The van der Waals surface area contributed by atoms with Crippen LogP contribution < -0.4 is 11.1 Å². The zero-order valence-electron chi connectivity index (χ0n) is 8.36. The number of carboxylic acids is 1. The number of aliphatic carboxylic acids is 1. The first-order chi connectivity index (χ1) is 7.09. The lowest BCUT2D eigenvalue weighted by Crippen LogP contribution is -2.58. The molecule has 0 amide bonds. The predicted octanol–water partition coefficient (Wildman–Crippen LogP) is 0.462. The molecule has 0 fully saturated rings. The number of nitrogens with one attached hydrogen (secondary N) is 1. The van der Waals surface area contributed by atoms with Crippen LogP contribution in [-0.4, -0.2) is 16.7 Å². The van der Waals surface area contributed by atoms with Gasteiger partial charge in [0.1, 0.15) is 0 Å². The Bertz CT molecular complexity index is 392. The van der Waals surface area contributed by atoms with Crippen LogP contribution >= 0.6 is 0 Å². The molecule has 4 N–H and O–H groups in total. The van der Waals surface area contributed by atoms with Gasteiger partial charge in [-0.25, -0.2) is 0 Å². The highest BCUT2D eigenvalue weighted by atomic mass is 16.4. The monoisotopic (exact) mass is 206 g/mol. The predicted molar refractivity (Wildman–Crippen MR) is 56.2 cm³/mol. The van der Waals surface area contributed by atoms with Gasteiger partial charge in [-0.1, -0.05) is 24.3 Å². The van der Waals surface area contributed by atoms with Gasteiger partial charge in [-0.15, -0.1) is 0 Å². The van der Waals surface area contributed by atoms with E-state index in [1.54, 1.807) is 0 Å². The lowest BCUT2D eigenvalue weighted by Gasteiger charge is -2.34. The number of carboxylic acid groups (broad SMARTS) is 1. The third-order valence-electron chi connectivity index (χ3n) is 2.72. The Labute approximate surface area is 88.1 Å². The van der Waals surface area contributed by atoms with Gasteiger partial charge in [0.05, 0.1) is 12.1 Å². The fourth-order valence-corrected chi connectivity index (χ4v) is 1.97. The second-order valence-electron chi connectivity index (χ2n) is 4.03. The Morgan fingerprint density at radius 2 is 2.13 bits per heavy atom. The number of nitrogens with two attached hydrogens (primary N) is 1. The lowest BCUT2D eigenvalue weighted by molar-refractivity contribution is -0.138. The molecule has 4 heteroatoms. The molecule has 4 nitrogen and oxygen atoms in total. The van der Waals surface area contributed by atoms with Crippen LogP contribution in [0.2, 0.25) is 0 Å². The fraction of sp³-hybridized carbons (Fsp3) is 0.364. The highest BCUT2D eigenvalue weighted by molar-refractivity contribution is 5.68. The minimum absolute atomic E-state index is 0.0542. The van der Waals surface area contributed by atoms with Crippen molar-refractivity contribution in [3.05, 3.63) is 35.4 Å². The molecule has 1 aromatic carbocycles. The summed E-state index contributed by atoms with van der Waals surface area (Å²) in [6.07, 6.45) is 0.511. The van der Waals surface area contributed by atoms with Crippen LogP contribution in [0.4, 0.5) is 0 Å². The van der Waals surface area contributed by atoms with Crippen molar-refractivity contribution < 1.29 is 9.90 Å². The summed E-state index contributed by atoms with van der Waals surface area (Å²) in [5.74, 6) is -0.871. The maximum absolute atomic E-state index is 10.7. The number of rotatable bonds is 2. The van der Waals surface area contributed by atoms with E-state index in [0.717, 1.165) is 5.56 Å². The Kier molecular flexibility index (Phi) is 2.46. The van der Waals surface area contributed by atoms with Crippen LogP contribution in [0.1, 0.15) is 17.5 Å². The molecule has 1 aromatic rings. The van der Waals surface area contributed by atoms with Gasteiger partial charge >= 0.3 is 5.97 Å². The number of hydrogen-bond acceptors (Lipinski definition) is 3. The van der Waals surface area contributed by atoms with E-state index < -0.39 is 11.6 Å². The summed E-state index contributed by atoms with van der Waals surface area (Å²) in [5.41, 5.74) is 7.51. The van der Waals surface area contributed by atoms with Gasteiger partial charge in [0.15, 0.2) is 0 Å². The van der Waals surface area contributed by atoms with E-state index in [1.807, 2.05) is 24.3 Å². The first kappa shape index (κ1) is 10.1. The van der Waals surface area contributed by atoms with E-state index in [-0.39, 0.29) is 6.42 Å². The van der Waals surface area contributed by atoms with Crippen molar-refractivity contribution >= 4 is 5.97 Å². The molecule has 80 valence electrons. The van der Waals surface area contributed by atoms with Gasteiger partial charge in [-0.05, 0) is 11.1 Å². The Hall–Kier alpha value is -1.39. The Morgan fingerprint density at radius 1 is 1.47 bits per heavy atom. The van der Waals surface area contributed by atoms with Crippen LogP contribution in [0.15, 0.2) is 24.3 Å². The molecular formula is C11H14N2O2. The highest BCUT2D eigenvalue weighted by Gasteiger charge is 2.31. The summed E-state index contributed by atoms with van der Waals surface area (Å²) in [6, 6.07) is 7.95. The zero-order valence-corrected chi connectivity index (χ0v) is 8.36. The highest BCUT2D eigenvalue weighted by Crippen LogP contribution is 2.21.